The Morgan fingerprint density at radius 2 is 1.51 bits per heavy atom. The Morgan fingerprint density at radius 3 is 2.22 bits per heavy atom. The van der Waals surface area contributed by atoms with Crippen molar-refractivity contribution in [2.45, 2.75) is 116 Å². The van der Waals surface area contributed by atoms with Gasteiger partial charge >= 0.3 is 12.6 Å². The molecule has 0 saturated heterocycles. The molecule has 0 aromatic heterocycles. The molecule has 4 rings (SSSR count). The third-order valence-electron chi connectivity index (χ3n) is 9.59. The van der Waals surface area contributed by atoms with Crippen molar-refractivity contribution >= 4 is 5.97 Å². The number of hydrogen-bond donors (Lipinski definition) is 0. The number of ether oxygens (including phenoxy) is 2. The second-order valence-electron chi connectivity index (χ2n) is 12.0. The second-order valence-corrected chi connectivity index (χ2v) is 12.0. The summed E-state index contributed by atoms with van der Waals surface area (Å²) in [6, 6.07) is 3.29. The summed E-state index contributed by atoms with van der Waals surface area (Å²) in [5, 5.41) is 0. The molecule has 0 N–H and O–H groups in total. The van der Waals surface area contributed by atoms with E-state index in [1.807, 2.05) is 0 Å². The lowest BCUT2D eigenvalue weighted by Gasteiger charge is -2.45. The normalized spacial score (nSPS) is 30.1. The lowest BCUT2D eigenvalue weighted by Crippen LogP contribution is -2.35. The van der Waals surface area contributed by atoms with Crippen LogP contribution in [0.5, 0.6) is 11.5 Å². The summed E-state index contributed by atoms with van der Waals surface area (Å²) >= 11 is 0. The van der Waals surface area contributed by atoms with Gasteiger partial charge in [-0.2, -0.15) is 8.78 Å². The minimum absolute atomic E-state index is 0.0288. The van der Waals surface area contributed by atoms with Crippen molar-refractivity contribution in [3.8, 4) is 11.5 Å². The minimum Gasteiger partial charge on any atom is -0.432 e. The van der Waals surface area contributed by atoms with Gasteiger partial charge in [-0.1, -0.05) is 51.9 Å². The van der Waals surface area contributed by atoms with Crippen molar-refractivity contribution < 1.29 is 27.4 Å². The van der Waals surface area contributed by atoms with E-state index in [4.69, 9.17) is 4.74 Å². The van der Waals surface area contributed by atoms with Crippen LogP contribution in [-0.4, -0.2) is 12.6 Å². The van der Waals surface area contributed by atoms with Gasteiger partial charge in [-0.15, -0.1) is 0 Å². The maximum atomic E-state index is 13.9. The number of hydrogen-bond acceptors (Lipinski definition) is 3. The Hall–Kier alpha value is -1.72. The number of esters is 1. The maximum absolute atomic E-state index is 13.9. The Bertz CT molecular complexity index is 852. The van der Waals surface area contributed by atoms with E-state index in [1.165, 1.54) is 83.1 Å². The average molecular weight is 523 g/mol. The van der Waals surface area contributed by atoms with E-state index in [0.717, 1.165) is 61.5 Å². The Morgan fingerprint density at radius 1 is 0.865 bits per heavy atom. The number of fused-ring (bicyclic) bond motifs is 1. The fourth-order valence-electron chi connectivity index (χ4n) is 7.51. The molecule has 0 heterocycles. The van der Waals surface area contributed by atoms with Crippen LogP contribution in [0.15, 0.2) is 18.2 Å². The molecule has 3 saturated carbocycles. The highest BCUT2D eigenvalue weighted by Gasteiger charge is 2.39. The molecule has 1 aromatic rings. The number of benzene rings is 1. The minimum atomic E-state index is -3.10. The standard InChI is InChI=1S/C31H45F3O3/c1-2-3-4-5-6-7-21-8-9-26-19-25(15-14-24(26)18-21)22-10-12-23(13-11-22)30(35)36-27-16-17-29(28(32)20-27)37-31(33)34/h16-17,20-26,31H,2-15,18-19H2,1H3. The van der Waals surface area contributed by atoms with Gasteiger partial charge < -0.3 is 9.47 Å². The number of unbranched alkanes of at least 4 members (excludes halogenated alkanes) is 4. The SMILES string of the molecule is CCCCCCCC1CCC2CC(C3CCC(C(=O)Oc4ccc(OC(F)F)c(F)c4)CC3)CCC2C1. The van der Waals surface area contributed by atoms with E-state index in [1.54, 1.807) is 0 Å². The zero-order valence-electron chi connectivity index (χ0n) is 22.4. The summed E-state index contributed by atoms with van der Waals surface area (Å²) in [5.74, 6) is 2.28. The van der Waals surface area contributed by atoms with Crippen molar-refractivity contribution in [1.29, 1.82) is 0 Å². The average Bonchev–Trinajstić information content (AvgIpc) is 2.89. The smallest absolute Gasteiger partial charge is 0.387 e. The van der Waals surface area contributed by atoms with Crippen molar-refractivity contribution in [3.05, 3.63) is 24.0 Å². The lowest BCUT2D eigenvalue weighted by atomic mass is 9.60. The van der Waals surface area contributed by atoms with Gasteiger partial charge in [-0.05, 0) is 99.5 Å². The summed E-state index contributed by atoms with van der Waals surface area (Å²) < 4.78 is 48.1. The highest BCUT2D eigenvalue weighted by molar-refractivity contribution is 5.75. The van der Waals surface area contributed by atoms with E-state index in [0.29, 0.717) is 5.92 Å². The van der Waals surface area contributed by atoms with Crippen LogP contribution in [0.1, 0.15) is 110 Å². The molecule has 4 unspecified atom stereocenters. The quantitative estimate of drug-likeness (QED) is 0.165. The Kier molecular flexibility index (Phi) is 10.6. The van der Waals surface area contributed by atoms with Crippen LogP contribution in [0.2, 0.25) is 0 Å². The fraction of sp³-hybridized carbons (Fsp3) is 0.774. The van der Waals surface area contributed by atoms with Crippen LogP contribution < -0.4 is 9.47 Å². The zero-order chi connectivity index (χ0) is 26.2. The number of alkyl halides is 2. The van der Waals surface area contributed by atoms with Crippen molar-refractivity contribution in [3.63, 3.8) is 0 Å². The van der Waals surface area contributed by atoms with Gasteiger partial charge in [0.25, 0.3) is 0 Å². The number of carbonyl (C=O) groups is 1. The predicted molar refractivity (Wildman–Crippen MR) is 139 cm³/mol. The molecule has 3 aliphatic carbocycles. The molecule has 0 amide bonds. The van der Waals surface area contributed by atoms with E-state index in [9.17, 15) is 18.0 Å². The van der Waals surface area contributed by atoms with E-state index >= 15 is 0 Å². The van der Waals surface area contributed by atoms with Gasteiger partial charge in [0.15, 0.2) is 11.6 Å². The van der Waals surface area contributed by atoms with Crippen LogP contribution in [0, 0.1) is 41.3 Å². The summed E-state index contributed by atoms with van der Waals surface area (Å²) in [4.78, 5) is 12.7. The molecular formula is C31H45F3O3. The largest absolute Gasteiger partial charge is 0.432 e. The third-order valence-corrected chi connectivity index (χ3v) is 9.59. The number of carbonyl (C=O) groups excluding carboxylic acids is 1. The molecular weight excluding hydrogens is 477 g/mol. The molecule has 1 aromatic carbocycles. The second kappa shape index (κ2) is 13.9. The van der Waals surface area contributed by atoms with Crippen LogP contribution in [0.4, 0.5) is 13.2 Å². The van der Waals surface area contributed by atoms with Crippen LogP contribution >= 0.6 is 0 Å². The van der Waals surface area contributed by atoms with Gasteiger partial charge in [0.1, 0.15) is 5.75 Å². The molecule has 37 heavy (non-hydrogen) atoms. The number of halogens is 3. The molecule has 3 nitrogen and oxygen atoms in total. The molecule has 0 aliphatic heterocycles. The first-order valence-electron chi connectivity index (χ1n) is 14.9. The fourth-order valence-corrected chi connectivity index (χ4v) is 7.51. The first-order valence-corrected chi connectivity index (χ1v) is 14.9. The molecule has 0 spiro atoms. The van der Waals surface area contributed by atoms with Crippen molar-refractivity contribution in [1.82, 2.24) is 0 Å². The van der Waals surface area contributed by atoms with Crippen LogP contribution in [0.3, 0.4) is 0 Å². The molecule has 0 bridgehead atoms. The van der Waals surface area contributed by atoms with Crippen LogP contribution in [0.25, 0.3) is 0 Å². The summed E-state index contributed by atoms with van der Waals surface area (Å²) in [6.45, 7) is -0.824. The van der Waals surface area contributed by atoms with Gasteiger partial charge in [0.05, 0.1) is 5.92 Å². The van der Waals surface area contributed by atoms with Crippen molar-refractivity contribution in [2.75, 3.05) is 0 Å². The molecule has 0 radical (unpaired) electrons. The third kappa shape index (κ3) is 8.13. The first-order chi connectivity index (χ1) is 17.9. The molecule has 3 fully saturated rings. The molecule has 4 atom stereocenters. The Balaban J connectivity index is 1.17. The summed E-state index contributed by atoms with van der Waals surface area (Å²) in [6.07, 6.45) is 20.5. The van der Waals surface area contributed by atoms with Crippen LogP contribution in [-0.2, 0) is 4.79 Å². The van der Waals surface area contributed by atoms with E-state index in [2.05, 4.69) is 11.7 Å². The van der Waals surface area contributed by atoms with Gasteiger partial charge in [0, 0.05) is 6.07 Å². The van der Waals surface area contributed by atoms with Gasteiger partial charge in [0.2, 0.25) is 0 Å². The summed E-state index contributed by atoms with van der Waals surface area (Å²) in [5.41, 5.74) is 0. The Labute approximate surface area is 220 Å². The molecule has 3 aliphatic rings. The molecule has 208 valence electrons. The van der Waals surface area contributed by atoms with Gasteiger partial charge in [-0.25, -0.2) is 4.39 Å². The van der Waals surface area contributed by atoms with E-state index in [-0.39, 0.29) is 17.6 Å². The zero-order valence-corrected chi connectivity index (χ0v) is 22.4. The van der Waals surface area contributed by atoms with Gasteiger partial charge in [-0.3, -0.25) is 4.79 Å². The van der Waals surface area contributed by atoms with E-state index < -0.39 is 18.2 Å². The predicted octanol–water partition coefficient (Wildman–Crippen LogP) is 9.33. The summed E-state index contributed by atoms with van der Waals surface area (Å²) in [7, 11) is 0. The lowest BCUT2D eigenvalue weighted by molar-refractivity contribution is -0.140. The monoisotopic (exact) mass is 522 g/mol. The maximum Gasteiger partial charge on any atom is 0.387 e. The topological polar surface area (TPSA) is 35.5 Å². The highest BCUT2D eigenvalue weighted by Crippen LogP contribution is 2.49. The molecule has 6 heteroatoms. The first kappa shape index (κ1) is 28.3. The highest BCUT2D eigenvalue weighted by atomic mass is 19.3. The number of rotatable bonds is 11. The van der Waals surface area contributed by atoms with Crippen molar-refractivity contribution in [2.24, 2.45) is 35.5 Å².